The molecular weight excluding hydrogens is 764 g/mol. The van der Waals surface area contributed by atoms with E-state index in [1.807, 2.05) is 0 Å². The highest BCUT2D eigenvalue weighted by molar-refractivity contribution is 8.77. The minimum Gasteiger partial charge on any atom is -0.490 e. The van der Waals surface area contributed by atoms with Crippen molar-refractivity contribution in [3.8, 4) is 17.5 Å². The molecule has 0 bridgehead atoms. The number of benzene rings is 1. The number of carbonyl (C=O) groups is 2. The van der Waals surface area contributed by atoms with Crippen LogP contribution in [0, 0.1) is 11.7 Å². The van der Waals surface area contributed by atoms with Crippen molar-refractivity contribution >= 4 is 70.1 Å². The Bertz CT molecular complexity index is 1300. The van der Waals surface area contributed by atoms with E-state index in [1.165, 1.54) is 32.4 Å². The maximum Gasteiger partial charge on any atom is 0.469 e. The number of aliphatic hydroxyl groups is 1. The molecule has 1 saturated heterocycles. The highest BCUT2D eigenvalue weighted by atomic mass is 33.1. The summed E-state index contributed by atoms with van der Waals surface area (Å²) in [5, 5.41) is 15.1. The lowest BCUT2D eigenvalue weighted by molar-refractivity contribution is -0.126. The van der Waals surface area contributed by atoms with Gasteiger partial charge in [0, 0.05) is 29.4 Å². The molecule has 1 fully saturated rings. The van der Waals surface area contributed by atoms with Gasteiger partial charge in [-0.25, -0.2) is 4.57 Å². The maximum atomic E-state index is 12.3. The van der Waals surface area contributed by atoms with Gasteiger partial charge >= 0.3 is 7.82 Å². The van der Waals surface area contributed by atoms with Crippen molar-refractivity contribution in [3.63, 3.8) is 0 Å². The fourth-order valence-electron chi connectivity index (χ4n) is 4.11. The predicted molar refractivity (Wildman–Crippen MR) is 205 cm³/mol. The molecule has 0 saturated carbocycles. The highest BCUT2D eigenvalue weighted by Crippen LogP contribution is 2.40. The molecule has 1 aromatic rings. The number of ether oxygens (including phenoxy) is 5. The first kappa shape index (κ1) is 46.0. The normalized spacial score (nSPS) is 18.7. The number of phosphoric ester groups is 1. The van der Waals surface area contributed by atoms with Crippen LogP contribution in [0.1, 0.15) is 37.6 Å². The zero-order valence-electron chi connectivity index (χ0n) is 29.1. The minimum atomic E-state index is -4.65. The number of amides is 2. The fourth-order valence-corrected chi connectivity index (χ4v) is 8.21. The smallest absolute Gasteiger partial charge is 0.469 e. The third-order valence-corrected chi connectivity index (χ3v) is 12.2. The summed E-state index contributed by atoms with van der Waals surface area (Å²) in [6, 6.07) is 6.55. The van der Waals surface area contributed by atoms with E-state index >= 15 is 0 Å². The minimum absolute atomic E-state index is 0.0162. The van der Waals surface area contributed by atoms with Crippen molar-refractivity contribution < 1.29 is 57.3 Å². The Kier molecular flexibility index (Phi) is 22.6. The zero-order chi connectivity index (χ0) is 37.7. The first-order valence-corrected chi connectivity index (χ1v) is 22.4. The summed E-state index contributed by atoms with van der Waals surface area (Å²) in [5.74, 6) is 5.80. The zero-order valence-corrected chi connectivity index (χ0v) is 33.3. The molecule has 2 rings (SSSR count). The van der Waals surface area contributed by atoms with Gasteiger partial charge in [-0.1, -0.05) is 75.9 Å². The average molecular weight is 814 g/mol. The van der Waals surface area contributed by atoms with E-state index < -0.39 is 25.5 Å². The number of nitrogens with two attached hydrogens (primary N) is 1. The number of phosphoric acid groups is 1. The summed E-state index contributed by atoms with van der Waals surface area (Å²) in [4.78, 5) is 42.5. The second-order valence-corrected chi connectivity index (χ2v) is 18.8. The van der Waals surface area contributed by atoms with Crippen LogP contribution >= 0.6 is 51.0 Å². The molecular formula is C30H49BN3O12PS4. The Morgan fingerprint density at radius 3 is 2.65 bits per heavy atom. The topological polar surface area (TPSA) is 217 Å². The summed E-state index contributed by atoms with van der Waals surface area (Å²) < 4.78 is 44.8. The molecule has 2 amide bonds. The molecule has 2 unspecified atom stereocenters. The van der Waals surface area contributed by atoms with Gasteiger partial charge in [0.25, 0.3) is 5.91 Å². The van der Waals surface area contributed by atoms with E-state index in [0.29, 0.717) is 38.1 Å². The van der Waals surface area contributed by atoms with Crippen LogP contribution in [-0.2, 0) is 32.8 Å². The van der Waals surface area contributed by atoms with Gasteiger partial charge in [-0.15, -0.1) is 0 Å². The number of hydrogen-bond donors (Lipinski definition) is 6. The van der Waals surface area contributed by atoms with E-state index in [0.717, 1.165) is 0 Å². The van der Waals surface area contributed by atoms with Gasteiger partial charge < -0.3 is 54.9 Å². The Balaban J connectivity index is 1.71. The van der Waals surface area contributed by atoms with Gasteiger partial charge in [0.2, 0.25) is 13.2 Å². The largest absolute Gasteiger partial charge is 0.490 e. The molecule has 15 nitrogen and oxygen atoms in total. The Morgan fingerprint density at radius 2 is 1.96 bits per heavy atom. The molecule has 1 heterocycles. The Labute approximate surface area is 316 Å². The second kappa shape index (κ2) is 25.0. The third kappa shape index (κ3) is 21.4. The van der Waals surface area contributed by atoms with Crippen molar-refractivity contribution in [2.24, 2.45) is 5.73 Å². The van der Waals surface area contributed by atoms with Crippen LogP contribution in [0.5, 0.6) is 5.75 Å². The van der Waals surface area contributed by atoms with Crippen molar-refractivity contribution in [2.75, 3.05) is 65.5 Å². The molecule has 1 aliphatic heterocycles. The molecule has 0 spiro atoms. The van der Waals surface area contributed by atoms with Crippen molar-refractivity contribution in [2.45, 2.75) is 61.0 Å². The standard InChI is InChI=1S/C30H49BN3O12PS4/c1-30(2,3)51-50-27(19-43-22-8-5-7-21(15-22)29(37)34-12-10-32)42-14-13-41-18-26(36)33-11-6-9-31-25-16-23(24(17-35)45-25)46-28(49-48-4)20-44-47(38,39)40/h5,7-8,15,23-25,27-28,31,35H,10-14,16-20,32H2,1-4H3,(H,33,36)(H,34,37)(H2,38,39,40)/t23-,24?,25-,27?,28+/m1/s1. The quantitative estimate of drug-likeness (QED) is 0.0219. The molecule has 0 radical (unpaired) electrons. The molecule has 7 N–H and O–H groups in total. The molecule has 288 valence electrons. The molecule has 1 aromatic carbocycles. The molecule has 0 aromatic heterocycles. The molecule has 21 heteroatoms. The van der Waals surface area contributed by atoms with Gasteiger partial charge in [-0.3, -0.25) is 14.1 Å². The van der Waals surface area contributed by atoms with Gasteiger partial charge in [-0.05, 0) is 30.9 Å². The highest BCUT2D eigenvalue weighted by Gasteiger charge is 2.37. The van der Waals surface area contributed by atoms with Crippen molar-refractivity contribution in [1.82, 2.24) is 10.6 Å². The number of rotatable bonds is 24. The summed E-state index contributed by atoms with van der Waals surface area (Å²) in [6.45, 7) is 6.99. The summed E-state index contributed by atoms with van der Waals surface area (Å²) in [7, 11) is 1.47. The van der Waals surface area contributed by atoms with Gasteiger partial charge in [0.1, 0.15) is 35.9 Å². The first-order valence-electron chi connectivity index (χ1n) is 16.0. The van der Waals surface area contributed by atoms with Gasteiger partial charge in [0.05, 0.1) is 39.1 Å². The number of nitrogens with one attached hydrogen (secondary N) is 2. The number of carbonyl (C=O) groups excluding carboxylic acids is 2. The van der Waals surface area contributed by atoms with Gasteiger partial charge in [0.15, 0.2) is 0 Å². The lowest BCUT2D eigenvalue weighted by Crippen LogP contribution is -2.32. The van der Waals surface area contributed by atoms with Crippen molar-refractivity contribution in [3.05, 3.63) is 29.8 Å². The Morgan fingerprint density at radius 1 is 1.18 bits per heavy atom. The van der Waals surface area contributed by atoms with E-state index in [4.69, 9.17) is 39.2 Å². The van der Waals surface area contributed by atoms with E-state index in [2.05, 4.69) is 47.7 Å². The van der Waals surface area contributed by atoms with Gasteiger partial charge in [-0.2, -0.15) is 5.82 Å². The lowest BCUT2D eigenvalue weighted by Gasteiger charge is -2.23. The number of hydrogen-bond acceptors (Lipinski definition) is 15. The monoisotopic (exact) mass is 813 g/mol. The van der Waals surface area contributed by atoms with Crippen LogP contribution in [0.15, 0.2) is 24.3 Å². The van der Waals surface area contributed by atoms with Crippen LogP contribution in [-0.4, -0.2) is 133 Å². The summed E-state index contributed by atoms with van der Waals surface area (Å²) in [6.07, 6.45) is 1.09. The van der Waals surface area contributed by atoms with Crippen LogP contribution < -0.4 is 21.1 Å². The molecule has 1 aliphatic rings. The van der Waals surface area contributed by atoms with Crippen molar-refractivity contribution in [1.29, 1.82) is 0 Å². The van der Waals surface area contributed by atoms with Crippen LogP contribution in [0.4, 0.5) is 0 Å². The predicted octanol–water partition coefficient (Wildman–Crippen LogP) is 1.75. The van der Waals surface area contributed by atoms with Crippen LogP contribution in [0.3, 0.4) is 0 Å². The van der Waals surface area contributed by atoms with E-state index in [1.54, 1.807) is 41.3 Å². The lowest BCUT2D eigenvalue weighted by atomic mass is 9.71. The molecule has 51 heavy (non-hydrogen) atoms. The summed E-state index contributed by atoms with van der Waals surface area (Å²) in [5.41, 5.74) is 4.92. The van der Waals surface area contributed by atoms with Crippen LogP contribution in [0.2, 0.25) is 0 Å². The Hall–Kier alpha value is -1.15. The van der Waals surface area contributed by atoms with E-state index in [9.17, 15) is 19.3 Å². The average Bonchev–Trinajstić information content (AvgIpc) is 3.47. The van der Waals surface area contributed by atoms with E-state index in [-0.39, 0.29) is 74.2 Å². The molecule has 0 aliphatic carbocycles. The third-order valence-electron chi connectivity index (χ3n) is 6.28. The SMILES string of the molecule is CSS[C@@H](COP(=O)(O)O)O[C@@H]1C[C@H](BC#CCNC(=O)COCCOC(COc2cccc(C(=O)NCCN)c2)SSC(C)(C)C)OC1CO. The number of aliphatic hydroxyl groups excluding tert-OH is 1. The fraction of sp³-hybridized carbons (Fsp3) is 0.667. The van der Waals surface area contributed by atoms with Crippen LogP contribution in [0.25, 0.3) is 0 Å². The summed E-state index contributed by atoms with van der Waals surface area (Å²) >= 11 is 0. The second-order valence-electron chi connectivity index (χ2n) is 11.7. The molecule has 5 atom stereocenters. The maximum absolute atomic E-state index is 12.3. The first-order chi connectivity index (χ1) is 24.2.